The van der Waals surface area contributed by atoms with Crippen LogP contribution in [-0.4, -0.2) is 10.8 Å². The van der Waals surface area contributed by atoms with Crippen LogP contribution >= 0.6 is 0 Å². The Morgan fingerprint density at radius 1 is 1.54 bits per heavy atom. The van der Waals surface area contributed by atoms with Gasteiger partial charge in [0.25, 0.3) is 0 Å². The van der Waals surface area contributed by atoms with Crippen molar-refractivity contribution in [1.82, 2.24) is 4.98 Å². The zero-order valence-corrected chi connectivity index (χ0v) is 8.16. The molecule has 1 aromatic heterocycles. The lowest BCUT2D eigenvalue weighted by Crippen LogP contribution is -2.06. The van der Waals surface area contributed by atoms with Crippen LogP contribution in [0, 0.1) is 5.92 Å². The number of carbonyl (C=O) groups is 1. The third-order valence-electron chi connectivity index (χ3n) is 1.76. The third-order valence-corrected chi connectivity index (χ3v) is 1.76. The van der Waals surface area contributed by atoms with Gasteiger partial charge in [-0.05, 0) is 17.5 Å². The van der Waals surface area contributed by atoms with E-state index in [2.05, 4.69) is 18.8 Å². The molecule has 0 radical (unpaired) electrons. The number of pyridine rings is 1. The molecule has 0 unspecified atom stereocenters. The fourth-order valence-corrected chi connectivity index (χ4v) is 1.26. The second kappa shape index (κ2) is 4.75. The average Bonchev–Trinajstić information content (AvgIpc) is 2.04. The third kappa shape index (κ3) is 3.83. The summed E-state index contributed by atoms with van der Waals surface area (Å²) in [6, 6.07) is 3.79. The Balaban J connectivity index is 2.46. The molecule has 0 aromatic carbocycles. The van der Waals surface area contributed by atoms with Gasteiger partial charge in [0.1, 0.15) is 5.78 Å². The fraction of sp³-hybridized carbons (Fsp3) is 0.455. The Labute approximate surface area is 79.0 Å². The van der Waals surface area contributed by atoms with Gasteiger partial charge in [-0.2, -0.15) is 0 Å². The van der Waals surface area contributed by atoms with Crippen molar-refractivity contribution in [3.63, 3.8) is 0 Å². The van der Waals surface area contributed by atoms with E-state index in [4.69, 9.17) is 0 Å². The van der Waals surface area contributed by atoms with Crippen molar-refractivity contribution in [2.24, 2.45) is 5.92 Å². The van der Waals surface area contributed by atoms with Crippen LogP contribution in [0.2, 0.25) is 0 Å². The maximum absolute atomic E-state index is 11.4. The highest BCUT2D eigenvalue weighted by atomic mass is 16.1. The van der Waals surface area contributed by atoms with Crippen LogP contribution in [-0.2, 0) is 11.2 Å². The molecule has 0 amide bonds. The summed E-state index contributed by atoms with van der Waals surface area (Å²) >= 11 is 0. The van der Waals surface area contributed by atoms with Gasteiger partial charge in [-0.25, -0.2) is 0 Å². The first-order valence-corrected chi connectivity index (χ1v) is 4.59. The van der Waals surface area contributed by atoms with Gasteiger partial charge in [0, 0.05) is 25.2 Å². The quantitative estimate of drug-likeness (QED) is 0.706. The molecule has 0 aliphatic rings. The standard InChI is InChI=1S/C11H15NO/c1-9(2)6-11(13)7-10-4-3-5-12-8-10/h3-5,8-9H,6-7H2,1-2H3. The van der Waals surface area contributed by atoms with E-state index in [-0.39, 0.29) is 0 Å². The SMILES string of the molecule is CC(C)CC(=O)Cc1cccnc1. The zero-order valence-electron chi connectivity index (χ0n) is 8.16. The van der Waals surface area contributed by atoms with Crippen LogP contribution in [0.5, 0.6) is 0 Å². The molecule has 0 spiro atoms. The van der Waals surface area contributed by atoms with Crippen LogP contribution in [0.1, 0.15) is 25.8 Å². The first-order chi connectivity index (χ1) is 6.18. The van der Waals surface area contributed by atoms with Gasteiger partial charge >= 0.3 is 0 Å². The van der Waals surface area contributed by atoms with E-state index >= 15 is 0 Å². The van der Waals surface area contributed by atoms with Crippen LogP contribution in [0.4, 0.5) is 0 Å². The topological polar surface area (TPSA) is 30.0 Å². The molecule has 0 aliphatic heterocycles. The van der Waals surface area contributed by atoms with E-state index in [0.717, 1.165) is 5.56 Å². The number of ketones is 1. The second-order valence-electron chi connectivity index (χ2n) is 3.67. The highest BCUT2D eigenvalue weighted by Crippen LogP contribution is 2.05. The first kappa shape index (κ1) is 9.90. The zero-order chi connectivity index (χ0) is 9.68. The monoisotopic (exact) mass is 177 g/mol. The fourth-order valence-electron chi connectivity index (χ4n) is 1.26. The van der Waals surface area contributed by atoms with Crippen LogP contribution < -0.4 is 0 Å². The molecule has 0 bridgehead atoms. The number of rotatable bonds is 4. The van der Waals surface area contributed by atoms with E-state index in [9.17, 15) is 4.79 Å². The van der Waals surface area contributed by atoms with Crippen molar-refractivity contribution < 1.29 is 4.79 Å². The van der Waals surface area contributed by atoms with E-state index in [0.29, 0.717) is 24.5 Å². The summed E-state index contributed by atoms with van der Waals surface area (Å²) in [5, 5.41) is 0. The van der Waals surface area contributed by atoms with Crippen LogP contribution in [0.25, 0.3) is 0 Å². The van der Waals surface area contributed by atoms with Gasteiger partial charge in [-0.15, -0.1) is 0 Å². The molecule has 0 fully saturated rings. The van der Waals surface area contributed by atoms with Crippen molar-refractivity contribution in [2.45, 2.75) is 26.7 Å². The molecule has 13 heavy (non-hydrogen) atoms. The molecule has 0 saturated carbocycles. The van der Waals surface area contributed by atoms with E-state index < -0.39 is 0 Å². The molecule has 2 nitrogen and oxygen atoms in total. The van der Waals surface area contributed by atoms with Crippen LogP contribution in [0.3, 0.4) is 0 Å². The Kier molecular flexibility index (Phi) is 3.62. The predicted molar refractivity (Wildman–Crippen MR) is 52.4 cm³/mol. The summed E-state index contributed by atoms with van der Waals surface area (Å²) in [5.74, 6) is 0.743. The van der Waals surface area contributed by atoms with Gasteiger partial charge in [0.05, 0.1) is 0 Å². The molecular weight excluding hydrogens is 162 g/mol. The molecule has 1 rings (SSSR count). The van der Waals surface area contributed by atoms with Gasteiger partial charge in [0.2, 0.25) is 0 Å². The second-order valence-corrected chi connectivity index (χ2v) is 3.67. The summed E-state index contributed by atoms with van der Waals surface area (Å²) in [7, 11) is 0. The van der Waals surface area contributed by atoms with Gasteiger partial charge in [-0.3, -0.25) is 9.78 Å². The molecule has 0 aliphatic carbocycles. The summed E-state index contributed by atoms with van der Waals surface area (Å²) < 4.78 is 0. The molecule has 0 saturated heterocycles. The Morgan fingerprint density at radius 3 is 2.85 bits per heavy atom. The summed E-state index contributed by atoms with van der Waals surface area (Å²) in [4.78, 5) is 15.4. The number of aromatic nitrogens is 1. The van der Waals surface area contributed by atoms with E-state index in [1.807, 2.05) is 12.1 Å². The predicted octanol–water partition coefficient (Wildman–Crippen LogP) is 2.24. The highest BCUT2D eigenvalue weighted by Gasteiger charge is 2.05. The largest absolute Gasteiger partial charge is 0.299 e. The molecule has 1 aromatic rings. The Morgan fingerprint density at radius 2 is 2.31 bits per heavy atom. The van der Waals surface area contributed by atoms with Gasteiger partial charge in [0.15, 0.2) is 0 Å². The Bertz CT molecular complexity index is 267. The number of carbonyl (C=O) groups excluding carboxylic acids is 1. The lowest BCUT2D eigenvalue weighted by molar-refractivity contribution is -0.119. The summed E-state index contributed by atoms with van der Waals surface area (Å²) in [6.45, 7) is 4.11. The molecule has 2 heteroatoms. The Hall–Kier alpha value is -1.18. The minimum atomic E-state index is 0.294. The lowest BCUT2D eigenvalue weighted by Gasteiger charge is -2.02. The number of hydrogen-bond donors (Lipinski definition) is 0. The average molecular weight is 177 g/mol. The van der Waals surface area contributed by atoms with Crippen molar-refractivity contribution in [2.75, 3.05) is 0 Å². The molecule has 70 valence electrons. The molecule has 1 heterocycles. The van der Waals surface area contributed by atoms with Gasteiger partial charge < -0.3 is 0 Å². The number of nitrogens with zero attached hydrogens (tertiary/aromatic N) is 1. The van der Waals surface area contributed by atoms with Crippen molar-refractivity contribution >= 4 is 5.78 Å². The summed E-state index contributed by atoms with van der Waals surface area (Å²) in [6.07, 6.45) is 4.65. The lowest BCUT2D eigenvalue weighted by atomic mass is 10.0. The number of Topliss-reactive ketones (excluding diaryl/α,β-unsaturated/α-hetero) is 1. The van der Waals surface area contributed by atoms with Crippen molar-refractivity contribution in [1.29, 1.82) is 0 Å². The smallest absolute Gasteiger partial charge is 0.137 e. The molecule has 0 atom stereocenters. The molecule has 0 N–H and O–H groups in total. The normalized spacial score (nSPS) is 10.4. The van der Waals surface area contributed by atoms with Crippen LogP contribution in [0.15, 0.2) is 24.5 Å². The first-order valence-electron chi connectivity index (χ1n) is 4.59. The minimum Gasteiger partial charge on any atom is -0.299 e. The van der Waals surface area contributed by atoms with Crippen molar-refractivity contribution in [3.8, 4) is 0 Å². The summed E-state index contributed by atoms with van der Waals surface area (Å²) in [5.41, 5.74) is 1.01. The maximum Gasteiger partial charge on any atom is 0.137 e. The number of hydrogen-bond acceptors (Lipinski definition) is 2. The van der Waals surface area contributed by atoms with E-state index in [1.54, 1.807) is 12.4 Å². The van der Waals surface area contributed by atoms with Gasteiger partial charge in [-0.1, -0.05) is 19.9 Å². The highest BCUT2D eigenvalue weighted by molar-refractivity contribution is 5.80. The van der Waals surface area contributed by atoms with Crippen molar-refractivity contribution in [3.05, 3.63) is 30.1 Å². The molecular formula is C11H15NO. The van der Waals surface area contributed by atoms with E-state index in [1.165, 1.54) is 0 Å². The minimum absolute atomic E-state index is 0.294. The maximum atomic E-state index is 11.4.